The quantitative estimate of drug-likeness (QED) is 0.771. The van der Waals surface area contributed by atoms with Crippen LogP contribution in [-0.4, -0.2) is 30.9 Å². The van der Waals surface area contributed by atoms with Crippen LogP contribution in [0.4, 0.5) is 5.13 Å². The lowest BCUT2D eigenvalue weighted by Crippen LogP contribution is -2.24. The van der Waals surface area contributed by atoms with Gasteiger partial charge in [-0.1, -0.05) is 25.2 Å². The number of fused-ring (bicyclic) bond motifs is 1. The summed E-state index contributed by atoms with van der Waals surface area (Å²) in [5.74, 6) is -0.0243. The molecule has 1 amide bonds. The molecule has 3 heterocycles. The van der Waals surface area contributed by atoms with Gasteiger partial charge < -0.3 is 0 Å². The Morgan fingerprint density at radius 2 is 2.04 bits per heavy atom. The minimum absolute atomic E-state index is 0.195. The second kappa shape index (κ2) is 6.18. The summed E-state index contributed by atoms with van der Waals surface area (Å²) in [6, 6.07) is 1.85. The van der Waals surface area contributed by atoms with E-state index in [1.165, 1.54) is 11.3 Å². The molecule has 0 aliphatic carbocycles. The maximum absolute atomic E-state index is 12.9. The number of hydrogen-bond donors (Lipinski definition) is 1. The maximum Gasteiger partial charge on any atom is 0.258 e. The number of hydrogen-bond acceptors (Lipinski definition) is 6. The highest BCUT2D eigenvalue weighted by molar-refractivity contribution is 7.13. The highest BCUT2D eigenvalue weighted by Crippen LogP contribution is 2.29. The van der Waals surface area contributed by atoms with E-state index < -0.39 is 0 Å². The number of aromatic nitrogens is 5. The van der Waals surface area contributed by atoms with Crippen LogP contribution < -0.4 is 5.32 Å². The Balaban J connectivity index is 2.22. The number of pyridine rings is 1. The average Bonchev–Trinajstić information content (AvgIpc) is 3.14. The van der Waals surface area contributed by atoms with Crippen molar-refractivity contribution in [2.75, 3.05) is 5.32 Å². The van der Waals surface area contributed by atoms with Crippen molar-refractivity contribution in [1.82, 2.24) is 25.0 Å². The summed E-state index contributed by atoms with van der Waals surface area (Å²) in [5.41, 5.74) is 4.30. The van der Waals surface area contributed by atoms with Gasteiger partial charge in [0.2, 0.25) is 5.13 Å². The van der Waals surface area contributed by atoms with Crippen LogP contribution in [0, 0.1) is 6.92 Å². The molecule has 3 aromatic heterocycles. The first-order valence-electron chi connectivity index (χ1n) is 8.16. The summed E-state index contributed by atoms with van der Waals surface area (Å²) in [4.78, 5) is 17.7. The number of aryl methyl sites for hydroxylation is 1. The van der Waals surface area contributed by atoms with E-state index in [4.69, 9.17) is 4.98 Å². The molecule has 0 fully saturated rings. The molecule has 3 rings (SSSR count). The molecule has 0 radical (unpaired) electrons. The predicted octanol–water partition coefficient (Wildman–Crippen LogP) is 3.72. The summed E-state index contributed by atoms with van der Waals surface area (Å²) in [6.07, 6.45) is 0. The van der Waals surface area contributed by atoms with E-state index in [0.29, 0.717) is 10.7 Å². The third-order valence-corrected chi connectivity index (χ3v) is 4.49. The first-order chi connectivity index (χ1) is 11.7. The number of nitrogens with one attached hydrogen (secondary N) is 1. The zero-order valence-electron chi connectivity index (χ0n) is 15.3. The molecule has 0 aliphatic heterocycles. The smallest absolute Gasteiger partial charge is 0.258 e. The lowest BCUT2D eigenvalue weighted by Gasteiger charge is -2.20. The van der Waals surface area contributed by atoms with Crippen LogP contribution in [0.3, 0.4) is 0 Å². The number of carbonyl (C=O) groups excluding carboxylic acids is 1. The van der Waals surface area contributed by atoms with Crippen LogP contribution in [-0.2, 0) is 5.54 Å². The number of anilines is 1. The fourth-order valence-corrected chi connectivity index (χ4v) is 3.08. The lowest BCUT2D eigenvalue weighted by atomic mass is 10.0. The Labute approximate surface area is 150 Å². The monoisotopic (exact) mass is 358 g/mol. The Hall–Kier alpha value is -2.35. The molecule has 0 atom stereocenters. The minimum atomic E-state index is -0.234. The topological polar surface area (TPSA) is 85.6 Å². The van der Waals surface area contributed by atoms with E-state index in [-0.39, 0.29) is 17.4 Å². The van der Waals surface area contributed by atoms with Gasteiger partial charge in [0.1, 0.15) is 5.51 Å². The molecule has 132 valence electrons. The second-order valence-electron chi connectivity index (χ2n) is 7.31. The van der Waals surface area contributed by atoms with Crippen molar-refractivity contribution < 1.29 is 4.79 Å². The molecule has 7 nitrogen and oxygen atoms in total. The largest absolute Gasteiger partial charge is 0.296 e. The molecule has 0 saturated carbocycles. The van der Waals surface area contributed by atoms with Crippen LogP contribution >= 0.6 is 11.3 Å². The van der Waals surface area contributed by atoms with E-state index >= 15 is 0 Å². The van der Waals surface area contributed by atoms with Crippen LogP contribution in [0.5, 0.6) is 0 Å². The highest BCUT2D eigenvalue weighted by atomic mass is 32.1. The van der Waals surface area contributed by atoms with Crippen LogP contribution in [0.25, 0.3) is 11.0 Å². The molecule has 8 heteroatoms. The van der Waals surface area contributed by atoms with Gasteiger partial charge in [0.05, 0.1) is 22.2 Å². The van der Waals surface area contributed by atoms with Gasteiger partial charge in [-0.2, -0.15) is 5.10 Å². The Morgan fingerprint density at radius 3 is 2.60 bits per heavy atom. The van der Waals surface area contributed by atoms with E-state index in [2.05, 4.69) is 55.2 Å². The van der Waals surface area contributed by atoms with Crippen molar-refractivity contribution in [2.24, 2.45) is 0 Å². The van der Waals surface area contributed by atoms with Crippen LogP contribution in [0.15, 0.2) is 11.6 Å². The van der Waals surface area contributed by atoms with Gasteiger partial charge >= 0.3 is 0 Å². The molecule has 0 saturated heterocycles. The van der Waals surface area contributed by atoms with Gasteiger partial charge in [0, 0.05) is 5.69 Å². The Kier molecular flexibility index (Phi) is 4.32. The first-order valence-corrected chi connectivity index (χ1v) is 9.04. The van der Waals surface area contributed by atoms with Crippen molar-refractivity contribution in [3.8, 4) is 0 Å². The van der Waals surface area contributed by atoms with E-state index in [0.717, 1.165) is 22.4 Å². The van der Waals surface area contributed by atoms with E-state index in [1.807, 2.05) is 17.7 Å². The van der Waals surface area contributed by atoms with Gasteiger partial charge in [0.25, 0.3) is 5.91 Å². The van der Waals surface area contributed by atoms with Gasteiger partial charge in [0.15, 0.2) is 5.65 Å². The first kappa shape index (κ1) is 17.5. The third kappa shape index (κ3) is 3.26. The summed E-state index contributed by atoms with van der Waals surface area (Å²) in [6.45, 7) is 12.2. The van der Waals surface area contributed by atoms with Crippen molar-refractivity contribution in [3.63, 3.8) is 0 Å². The molecular weight excluding hydrogens is 336 g/mol. The number of amides is 1. The summed E-state index contributed by atoms with van der Waals surface area (Å²) >= 11 is 1.28. The Morgan fingerprint density at radius 1 is 1.32 bits per heavy atom. The summed E-state index contributed by atoms with van der Waals surface area (Å²) < 4.78 is 1.89. The molecule has 0 spiro atoms. The Bertz CT molecular complexity index is 921. The number of nitrogens with zero attached hydrogens (tertiary/aromatic N) is 5. The maximum atomic E-state index is 12.9. The van der Waals surface area contributed by atoms with Gasteiger partial charge in [-0.15, -0.1) is 10.2 Å². The van der Waals surface area contributed by atoms with E-state index in [9.17, 15) is 4.79 Å². The molecule has 0 aromatic carbocycles. The zero-order chi connectivity index (χ0) is 18.4. The predicted molar refractivity (Wildman–Crippen MR) is 99.2 cm³/mol. The molecule has 25 heavy (non-hydrogen) atoms. The third-order valence-electron chi connectivity index (χ3n) is 3.88. The van der Waals surface area contributed by atoms with Crippen molar-refractivity contribution in [2.45, 2.75) is 53.0 Å². The highest BCUT2D eigenvalue weighted by Gasteiger charge is 2.25. The molecular formula is C17H22N6OS. The van der Waals surface area contributed by atoms with E-state index in [1.54, 1.807) is 5.51 Å². The molecule has 0 bridgehead atoms. The minimum Gasteiger partial charge on any atom is -0.296 e. The van der Waals surface area contributed by atoms with Crippen LogP contribution in [0.2, 0.25) is 0 Å². The van der Waals surface area contributed by atoms with Gasteiger partial charge in [-0.3, -0.25) is 10.1 Å². The summed E-state index contributed by atoms with van der Waals surface area (Å²) in [7, 11) is 0. The zero-order valence-corrected chi connectivity index (χ0v) is 16.1. The molecule has 3 aromatic rings. The normalized spacial score (nSPS) is 12.1. The number of carbonyl (C=O) groups is 1. The average molecular weight is 358 g/mol. The fourth-order valence-electron chi connectivity index (χ4n) is 2.64. The SMILES string of the molecule is Cc1nn(C(C)(C)C)c2nc(C(C)C)cc(C(=O)Nc3nncs3)c12. The lowest BCUT2D eigenvalue weighted by molar-refractivity contribution is 0.102. The van der Waals surface area contributed by atoms with Crippen molar-refractivity contribution in [3.05, 3.63) is 28.5 Å². The van der Waals surface area contributed by atoms with Crippen molar-refractivity contribution >= 4 is 33.4 Å². The van der Waals surface area contributed by atoms with Crippen LogP contribution in [0.1, 0.15) is 62.3 Å². The second-order valence-corrected chi connectivity index (χ2v) is 8.15. The molecule has 0 aliphatic rings. The molecule has 0 unspecified atom stereocenters. The van der Waals surface area contributed by atoms with Gasteiger partial charge in [-0.25, -0.2) is 9.67 Å². The fraction of sp³-hybridized carbons (Fsp3) is 0.471. The molecule has 1 N–H and O–H groups in total. The summed E-state index contributed by atoms with van der Waals surface area (Å²) in [5, 5.41) is 16.4. The van der Waals surface area contributed by atoms with Crippen molar-refractivity contribution in [1.29, 1.82) is 0 Å². The number of rotatable bonds is 3. The van der Waals surface area contributed by atoms with Gasteiger partial charge in [-0.05, 0) is 39.7 Å². The standard InChI is InChI=1S/C17H22N6OS/c1-9(2)12-7-11(15(24)20-16-21-18-8-25-16)13-10(3)22-23(14(13)19-12)17(4,5)6/h7-9H,1-6H3,(H,20,21,24).